The van der Waals surface area contributed by atoms with Crippen molar-refractivity contribution in [1.82, 2.24) is 10.2 Å². The van der Waals surface area contributed by atoms with Crippen LogP contribution in [0.15, 0.2) is 11.8 Å². The standard InChI is InChI=1S/C34H50N2O4/c1-31(2,3)40-30(39)36-19-24-25-6-7-27(29(38)35-34-16-20-12-21(17-34)14-22(13-20)18-34)32(25,4)11-9-26(24)33(5)10-8-23(37)15-28(33)36/h15,20-22,24-27H,6-14,16-19H2,1-5H3,(H,35,38)/t20?,21?,22?,24-,25-,26-,27+,32-,33+,34?/m0/s1. The second-order valence-corrected chi connectivity index (χ2v) is 16.7. The first-order valence-electron chi connectivity index (χ1n) is 16.4. The molecule has 6 nitrogen and oxygen atoms in total. The number of ketones is 1. The van der Waals surface area contributed by atoms with E-state index in [9.17, 15) is 14.4 Å². The molecule has 40 heavy (non-hydrogen) atoms. The molecule has 1 saturated heterocycles. The van der Waals surface area contributed by atoms with E-state index >= 15 is 0 Å². The normalized spacial score (nSPS) is 47.2. The Morgan fingerprint density at radius 1 is 0.950 bits per heavy atom. The summed E-state index contributed by atoms with van der Waals surface area (Å²) in [5.74, 6) is 4.09. The number of nitrogens with zero attached hydrogens (tertiary/aromatic N) is 1. The SMILES string of the molecule is CC(C)(C)OC(=O)N1C[C@H]2[C@@H]3CC[C@H](C(=O)NC45CC6CC(CC(C6)C4)C5)[C@@]3(C)CC[C@@H]2[C@@]2(C)CCC(=O)C=C12. The van der Waals surface area contributed by atoms with Crippen LogP contribution in [0.2, 0.25) is 0 Å². The molecule has 1 aliphatic heterocycles. The van der Waals surface area contributed by atoms with Gasteiger partial charge >= 0.3 is 6.09 Å². The molecule has 2 amide bonds. The largest absolute Gasteiger partial charge is 0.443 e. The van der Waals surface area contributed by atoms with E-state index in [0.29, 0.717) is 36.6 Å². The summed E-state index contributed by atoms with van der Waals surface area (Å²) in [6.07, 6.45) is 14.6. The van der Waals surface area contributed by atoms with Gasteiger partial charge in [0.05, 0.1) is 0 Å². The van der Waals surface area contributed by atoms with Gasteiger partial charge < -0.3 is 10.1 Å². The molecule has 6 saturated carbocycles. The fraction of sp³-hybridized carbons (Fsp3) is 0.853. The third-order valence-corrected chi connectivity index (χ3v) is 13.1. The fourth-order valence-electron chi connectivity index (χ4n) is 11.8. The monoisotopic (exact) mass is 550 g/mol. The Bertz CT molecular complexity index is 1120. The van der Waals surface area contributed by atoms with Crippen molar-refractivity contribution in [3.05, 3.63) is 11.8 Å². The second kappa shape index (κ2) is 8.83. The number of hydrogen-bond acceptors (Lipinski definition) is 4. The Morgan fingerprint density at radius 3 is 2.23 bits per heavy atom. The molecule has 0 aromatic carbocycles. The molecular weight excluding hydrogens is 500 g/mol. The number of fused-ring (bicyclic) bond motifs is 5. The summed E-state index contributed by atoms with van der Waals surface area (Å²) in [5, 5.41) is 3.74. The van der Waals surface area contributed by atoms with Crippen LogP contribution in [0.5, 0.6) is 0 Å². The number of carbonyl (C=O) groups is 3. The lowest BCUT2D eigenvalue weighted by Gasteiger charge is -2.60. The zero-order valence-corrected chi connectivity index (χ0v) is 25.4. The highest BCUT2D eigenvalue weighted by molar-refractivity contribution is 5.92. The molecule has 0 aromatic heterocycles. The van der Waals surface area contributed by atoms with E-state index in [2.05, 4.69) is 19.2 Å². The van der Waals surface area contributed by atoms with Gasteiger partial charge in [-0.1, -0.05) is 13.8 Å². The number of carbonyl (C=O) groups excluding carboxylic acids is 3. The zero-order valence-electron chi connectivity index (χ0n) is 25.4. The lowest BCUT2D eigenvalue weighted by molar-refractivity contribution is -0.139. The summed E-state index contributed by atoms with van der Waals surface area (Å²) in [7, 11) is 0. The molecule has 7 aliphatic carbocycles. The van der Waals surface area contributed by atoms with Crippen LogP contribution in [-0.4, -0.2) is 40.4 Å². The molecule has 4 bridgehead atoms. The average Bonchev–Trinajstić information content (AvgIpc) is 3.19. The Balaban J connectivity index is 1.15. The van der Waals surface area contributed by atoms with Crippen LogP contribution < -0.4 is 5.32 Å². The van der Waals surface area contributed by atoms with Crippen molar-refractivity contribution in [1.29, 1.82) is 0 Å². The van der Waals surface area contributed by atoms with Crippen LogP contribution in [0.4, 0.5) is 4.79 Å². The van der Waals surface area contributed by atoms with Gasteiger partial charge in [0.15, 0.2) is 5.78 Å². The molecule has 0 radical (unpaired) electrons. The fourth-order valence-corrected chi connectivity index (χ4v) is 11.8. The first-order valence-corrected chi connectivity index (χ1v) is 16.4. The molecule has 8 rings (SSSR count). The van der Waals surface area contributed by atoms with Gasteiger partial charge in [0.25, 0.3) is 0 Å². The quantitative estimate of drug-likeness (QED) is 0.419. The summed E-state index contributed by atoms with van der Waals surface area (Å²) < 4.78 is 5.89. The summed E-state index contributed by atoms with van der Waals surface area (Å²) in [6.45, 7) is 11.0. The van der Waals surface area contributed by atoms with Crippen molar-refractivity contribution < 1.29 is 19.1 Å². The molecule has 7 fully saturated rings. The molecule has 220 valence electrons. The predicted molar refractivity (Wildman–Crippen MR) is 153 cm³/mol. The van der Waals surface area contributed by atoms with E-state index in [1.54, 1.807) is 6.08 Å². The molecule has 8 aliphatic rings. The van der Waals surface area contributed by atoms with Crippen LogP contribution in [0.1, 0.15) is 112 Å². The number of piperidine rings is 1. The molecule has 6 heteroatoms. The van der Waals surface area contributed by atoms with Gasteiger partial charge in [-0.15, -0.1) is 0 Å². The highest BCUT2D eigenvalue weighted by Gasteiger charge is 2.63. The van der Waals surface area contributed by atoms with Gasteiger partial charge in [-0.05, 0) is 132 Å². The van der Waals surface area contributed by atoms with E-state index in [1.165, 1.54) is 38.5 Å². The molecule has 0 aromatic rings. The lowest BCUT2D eigenvalue weighted by Crippen LogP contribution is -2.62. The van der Waals surface area contributed by atoms with Crippen molar-refractivity contribution >= 4 is 17.8 Å². The Morgan fingerprint density at radius 2 is 1.60 bits per heavy atom. The maximum Gasteiger partial charge on any atom is 0.414 e. The third-order valence-electron chi connectivity index (χ3n) is 13.1. The van der Waals surface area contributed by atoms with E-state index in [0.717, 1.165) is 55.6 Å². The Kier molecular flexibility index (Phi) is 5.96. The minimum Gasteiger partial charge on any atom is -0.443 e. The van der Waals surface area contributed by atoms with E-state index < -0.39 is 5.60 Å². The van der Waals surface area contributed by atoms with Crippen molar-refractivity contribution in [3.8, 4) is 0 Å². The van der Waals surface area contributed by atoms with Gasteiger partial charge in [0.2, 0.25) is 5.91 Å². The van der Waals surface area contributed by atoms with Crippen LogP contribution in [0.3, 0.4) is 0 Å². The molecule has 0 spiro atoms. The Labute approximate surface area is 240 Å². The molecule has 1 heterocycles. The van der Waals surface area contributed by atoms with E-state index in [1.807, 2.05) is 25.7 Å². The van der Waals surface area contributed by atoms with Crippen LogP contribution in [0, 0.1) is 52.3 Å². The average molecular weight is 551 g/mol. The summed E-state index contributed by atoms with van der Waals surface area (Å²) in [4.78, 5) is 42.1. The van der Waals surface area contributed by atoms with E-state index in [-0.39, 0.29) is 34.2 Å². The van der Waals surface area contributed by atoms with Gasteiger partial charge in [0, 0.05) is 41.6 Å². The van der Waals surface area contributed by atoms with Crippen molar-refractivity contribution in [2.45, 2.75) is 123 Å². The Hall–Kier alpha value is -1.85. The summed E-state index contributed by atoms with van der Waals surface area (Å²) >= 11 is 0. The number of ether oxygens (including phenoxy) is 1. The number of allylic oxidation sites excluding steroid dienone is 2. The zero-order chi connectivity index (χ0) is 28.2. The van der Waals surface area contributed by atoms with Crippen molar-refractivity contribution in [3.63, 3.8) is 0 Å². The third kappa shape index (κ3) is 4.12. The number of rotatable bonds is 2. The lowest BCUT2D eigenvalue weighted by atomic mass is 9.49. The minimum atomic E-state index is -0.599. The van der Waals surface area contributed by atoms with E-state index in [4.69, 9.17) is 4.74 Å². The van der Waals surface area contributed by atoms with Gasteiger partial charge in [-0.3, -0.25) is 14.5 Å². The molecule has 1 N–H and O–H groups in total. The second-order valence-electron chi connectivity index (χ2n) is 16.7. The van der Waals surface area contributed by atoms with Crippen molar-refractivity contribution in [2.75, 3.05) is 6.54 Å². The summed E-state index contributed by atoms with van der Waals surface area (Å²) in [5.41, 5.74) is 0.0665. The maximum absolute atomic E-state index is 14.2. The highest BCUT2D eigenvalue weighted by atomic mass is 16.6. The first kappa shape index (κ1) is 27.0. The van der Waals surface area contributed by atoms with Gasteiger partial charge in [-0.25, -0.2) is 4.79 Å². The first-order chi connectivity index (χ1) is 18.8. The maximum atomic E-state index is 14.2. The molecule has 6 atom stereocenters. The van der Waals surface area contributed by atoms with Crippen LogP contribution >= 0.6 is 0 Å². The molecular formula is C34H50N2O4. The van der Waals surface area contributed by atoms with Gasteiger partial charge in [0.1, 0.15) is 5.60 Å². The minimum absolute atomic E-state index is 0.0464. The molecule has 0 unspecified atom stereocenters. The van der Waals surface area contributed by atoms with Crippen LogP contribution in [0.25, 0.3) is 0 Å². The topological polar surface area (TPSA) is 75.7 Å². The number of amides is 2. The highest BCUT2D eigenvalue weighted by Crippen LogP contribution is 2.66. The van der Waals surface area contributed by atoms with Crippen LogP contribution in [-0.2, 0) is 14.3 Å². The predicted octanol–water partition coefficient (Wildman–Crippen LogP) is 6.63. The van der Waals surface area contributed by atoms with Gasteiger partial charge in [-0.2, -0.15) is 0 Å². The van der Waals surface area contributed by atoms with Crippen molar-refractivity contribution in [2.24, 2.45) is 52.3 Å². The smallest absolute Gasteiger partial charge is 0.414 e. The number of likely N-dealkylation sites (tertiary alicyclic amines) is 1. The number of nitrogens with one attached hydrogen (secondary N) is 1. The summed E-state index contributed by atoms with van der Waals surface area (Å²) in [6, 6.07) is 0. The number of hydrogen-bond donors (Lipinski definition) is 1.